The molecular weight excluding hydrogens is 404 g/mol. The van der Waals surface area contributed by atoms with Gasteiger partial charge in [0, 0.05) is 28.1 Å². The molecule has 0 amide bonds. The molecule has 4 rings (SSSR count). The van der Waals surface area contributed by atoms with E-state index >= 15 is 0 Å². The van der Waals surface area contributed by atoms with Crippen LogP contribution >= 0.6 is 0 Å². The summed E-state index contributed by atoms with van der Waals surface area (Å²) >= 11 is 0. The van der Waals surface area contributed by atoms with Crippen molar-refractivity contribution in [2.24, 2.45) is 0 Å². The molecule has 33 heavy (non-hydrogen) atoms. The Labute approximate surface area is 197 Å². The summed E-state index contributed by atoms with van der Waals surface area (Å²) in [6.45, 7) is 13.0. The fourth-order valence-electron chi connectivity index (χ4n) is 4.42. The van der Waals surface area contributed by atoms with Crippen molar-refractivity contribution in [2.45, 2.75) is 53.5 Å². The minimum atomic E-state index is 0.228. The predicted molar refractivity (Wildman–Crippen MR) is 142 cm³/mol. The number of benzene rings is 2. The van der Waals surface area contributed by atoms with E-state index < -0.39 is 0 Å². The molecule has 0 aliphatic carbocycles. The fraction of sp³-hybridized carbons (Fsp3) is 0.300. The zero-order chi connectivity index (χ0) is 23.7. The van der Waals surface area contributed by atoms with Gasteiger partial charge in [-0.05, 0) is 80.6 Å². The molecular formula is C30H34N2O. The van der Waals surface area contributed by atoms with E-state index in [0.717, 1.165) is 27.6 Å². The molecule has 1 atom stereocenters. The summed E-state index contributed by atoms with van der Waals surface area (Å²) in [6, 6.07) is 17.6. The second-order valence-electron chi connectivity index (χ2n) is 9.30. The van der Waals surface area contributed by atoms with Gasteiger partial charge in [-0.1, -0.05) is 62.4 Å². The molecule has 0 saturated heterocycles. The van der Waals surface area contributed by atoms with Crippen molar-refractivity contribution in [3.05, 3.63) is 88.6 Å². The third-order valence-corrected chi connectivity index (χ3v) is 6.55. The highest BCUT2D eigenvalue weighted by Gasteiger charge is 2.15. The summed E-state index contributed by atoms with van der Waals surface area (Å²) in [5.74, 6) is 0.499. The van der Waals surface area contributed by atoms with Gasteiger partial charge in [-0.3, -0.25) is 0 Å². The maximum absolute atomic E-state index is 6.28. The number of aromatic nitrogens is 1. The number of nitrogens with one attached hydrogen (secondary N) is 1. The van der Waals surface area contributed by atoms with Gasteiger partial charge < -0.3 is 9.73 Å². The molecule has 0 radical (unpaired) electrons. The smallest absolute Gasteiger partial charge is 0.227 e. The molecule has 3 heteroatoms. The van der Waals surface area contributed by atoms with Crippen LogP contribution in [0.5, 0.6) is 0 Å². The maximum atomic E-state index is 6.28. The zero-order valence-corrected chi connectivity index (χ0v) is 20.8. The number of pyridine rings is 1. The number of allylic oxidation sites excluding steroid dienone is 3. The minimum absolute atomic E-state index is 0.228. The third-order valence-electron chi connectivity index (χ3n) is 6.55. The Bertz CT molecular complexity index is 1370. The molecule has 0 aliphatic rings. The van der Waals surface area contributed by atoms with Crippen LogP contribution in [0.3, 0.4) is 0 Å². The van der Waals surface area contributed by atoms with Gasteiger partial charge in [0.2, 0.25) is 5.71 Å². The van der Waals surface area contributed by atoms with Gasteiger partial charge in [-0.15, -0.1) is 0 Å². The van der Waals surface area contributed by atoms with E-state index in [2.05, 4.69) is 99.5 Å². The van der Waals surface area contributed by atoms with Crippen LogP contribution in [0.4, 0.5) is 0 Å². The fourth-order valence-corrected chi connectivity index (χ4v) is 4.42. The number of nitrogens with zero attached hydrogens (tertiary/aromatic N) is 1. The number of hydrogen-bond donors (Lipinski definition) is 1. The van der Waals surface area contributed by atoms with Crippen molar-refractivity contribution in [1.29, 1.82) is 0 Å². The summed E-state index contributed by atoms with van der Waals surface area (Å²) < 4.78 is 6.28. The van der Waals surface area contributed by atoms with E-state index in [4.69, 9.17) is 4.42 Å². The molecule has 2 aromatic carbocycles. The van der Waals surface area contributed by atoms with Gasteiger partial charge in [-0.25, -0.2) is 4.98 Å². The molecule has 2 aromatic heterocycles. The quantitative estimate of drug-likeness (QED) is 0.312. The number of furan rings is 1. The van der Waals surface area contributed by atoms with Crippen LogP contribution in [0.2, 0.25) is 0 Å². The van der Waals surface area contributed by atoms with Crippen LogP contribution in [0.1, 0.15) is 61.6 Å². The van der Waals surface area contributed by atoms with Crippen molar-refractivity contribution in [2.75, 3.05) is 7.05 Å². The Morgan fingerprint density at radius 3 is 2.45 bits per heavy atom. The molecule has 0 saturated carbocycles. The van der Waals surface area contributed by atoms with E-state index in [1.165, 1.54) is 27.8 Å². The Hall–Kier alpha value is -3.17. The SMILES string of the molecule is CNC(C)/C(=C\C=C(/C)c1c(C)ccc2c1oc1nc(C)ccc12)c1cccc(C(C)C)c1. The van der Waals surface area contributed by atoms with Crippen LogP contribution in [0.15, 0.2) is 65.1 Å². The predicted octanol–water partition coefficient (Wildman–Crippen LogP) is 7.82. The standard InChI is InChI=1S/C30H34N2O/c1-18(2)23-9-8-10-24(17-23)25(22(6)31-7)14-11-19(3)28-20(4)12-15-26-27-16-13-21(5)32-30(27)33-29(26)28/h8-18,22,31H,1-7H3/b19-11+,25-14+. The Balaban J connectivity index is 1.84. The first-order valence-corrected chi connectivity index (χ1v) is 11.8. The first-order valence-electron chi connectivity index (χ1n) is 11.8. The minimum Gasteiger partial charge on any atom is -0.437 e. The molecule has 2 heterocycles. The monoisotopic (exact) mass is 438 g/mol. The van der Waals surface area contributed by atoms with E-state index in [9.17, 15) is 0 Å². The highest BCUT2D eigenvalue weighted by Crippen LogP contribution is 2.35. The van der Waals surface area contributed by atoms with E-state index in [0.29, 0.717) is 11.6 Å². The molecule has 0 spiro atoms. The van der Waals surface area contributed by atoms with Crippen LogP contribution in [-0.4, -0.2) is 18.1 Å². The lowest BCUT2D eigenvalue weighted by molar-refractivity contribution is 0.651. The Morgan fingerprint density at radius 2 is 1.73 bits per heavy atom. The Morgan fingerprint density at radius 1 is 0.970 bits per heavy atom. The lowest BCUT2D eigenvalue weighted by Gasteiger charge is -2.17. The van der Waals surface area contributed by atoms with Crippen molar-refractivity contribution >= 4 is 33.2 Å². The Kier molecular flexibility index (Phi) is 6.53. The molecule has 1 unspecified atom stereocenters. The number of fused-ring (bicyclic) bond motifs is 3. The lowest BCUT2D eigenvalue weighted by Crippen LogP contribution is -2.22. The van der Waals surface area contributed by atoms with Gasteiger partial charge >= 0.3 is 0 Å². The van der Waals surface area contributed by atoms with E-state index in [1.54, 1.807) is 0 Å². The summed E-state index contributed by atoms with van der Waals surface area (Å²) in [5.41, 5.74) is 9.98. The average molecular weight is 439 g/mol. The van der Waals surface area contributed by atoms with Gasteiger partial charge in [0.1, 0.15) is 5.58 Å². The topological polar surface area (TPSA) is 38.1 Å². The number of rotatable bonds is 6. The highest BCUT2D eigenvalue weighted by molar-refractivity contribution is 6.07. The number of hydrogen-bond acceptors (Lipinski definition) is 3. The van der Waals surface area contributed by atoms with Crippen molar-refractivity contribution in [3.63, 3.8) is 0 Å². The molecule has 0 bridgehead atoms. The molecule has 4 aromatic rings. The number of aryl methyl sites for hydroxylation is 2. The lowest BCUT2D eigenvalue weighted by atomic mass is 9.93. The summed E-state index contributed by atoms with van der Waals surface area (Å²) in [4.78, 5) is 4.61. The summed E-state index contributed by atoms with van der Waals surface area (Å²) in [6.07, 6.45) is 4.47. The molecule has 1 N–H and O–H groups in total. The largest absolute Gasteiger partial charge is 0.437 e. The van der Waals surface area contributed by atoms with Crippen molar-refractivity contribution in [1.82, 2.24) is 10.3 Å². The third kappa shape index (κ3) is 4.51. The van der Waals surface area contributed by atoms with Gasteiger partial charge in [0.15, 0.2) is 0 Å². The van der Waals surface area contributed by atoms with Crippen molar-refractivity contribution in [3.8, 4) is 0 Å². The highest BCUT2D eigenvalue weighted by atomic mass is 16.3. The van der Waals surface area contributed by atoms with Crippen LogP contribution < -0.4 is 5.32 Å². The van der Waals surface area contributed by atoms with Crippen LogP contribution in [0.25, 0.3) is 33.2 Å². The van der Waals surface area contributed by atoms with E-state index in [-0.39, 0.29) is 6.04 Å². The maximum Gasteiger partial charge on any atom is 0.227 e. The van der Waals surface area contributed by atoms with E-state index in [1.807, 2.05) is 20.0 Å². The zero-order valence-electron chi connectivity index (χ0n) is 20.8. The average Bonchev–Trinajstić information content (AvgIpc) is 3.16. The van der Waals surface area contributed by atoms with Gasteiger partial charge in [0.25, 0.3) is 0 Å². The number of likely N-dealkylation sites (N-methyl/N-ethyl adjacent to an activating group) is 1. The second kappa shape index (κ2) is 9.36. The van der Waals surface area contributed by atoms with Crippen LogP contribution in [0, 0.1) is 13.8 Å². The van der Waals surface area contributed by atoms with Gasteiger partial charge in [-0.2, -0.15) is 0 Å². The molecule has 0 fully saturated rings. The molecule has 0 aliphatic heterocycles. The normalized spacial score (nSPS) is 13.9. The summed E-state index contributed by atoms with van der Waals surface area (Å²) in [7, 11) is 2.01. The van der Waals surface area contributed by atoms with Crippen LogP contribution in [-0.2, 0) is 0 Å². The molecule has 3 nitrogen and oxygen atoms in total. The van der Waals surface area contributed by atoms with Gasteiger partial charge in [0.05, 0.1) is 0 Å². The molecule has 170 valence electrons. The first-order chi connectivity index (χ1) is 15.8. The first kappa shape index (κ1) is 23.0. The second-order valence-corrected chi connectivity index (χ2v) is 9.30. The van der Waals surface area contributed by atoms with Crippen molar-refractivity contribution < 1.29 is 4.42 Å². The summed E-state index contributed by atoms with van der Waals surface area (Å²) in [5, 5.41) is 5.59.